The molecule has 2 fully saturated rings. The number of piperidine rings is 1. The summed E-state index contributed by atoms with van der Waals surface area (Å²) in [5, 5.41) is 9.31. The summed E-state index contributed by atoms with van der Waals surface area (Å²) >= 11 is 0. The quantitative estimate of drug-likeness (QED) is 0.836. The van der Waals surface area contributed by atoms with E-state index in [-0.39, 0.29) is 0 Å². The molecule has 0 aromatic rings. The standard InChI is InChI=1S/C15H27NO2/c1-15(14(17)18)9-5-10-16(12-15)11-8-13-6-3-2-4-7-13/h13H,2-12H2,1H3,(H,17,18). The first kappa shape index (κ1) is 13.9. The van der Waals surface area contributed by atoms with Crippen LogP contribution in [0.25, 0.3) is 0 Å². The third-order valence-electron chi connectivity index (χ3n) is 4.87. The molecule has 1 saturated heterocycles. The van der Waals surface area contributed by atoms with Crippen LogP contribution in [0, 0.1) is 11.3 Å². The van der Waals surface area contributed by atoms with E-state index in [1.54, 1.807) is 0 Å². The average Bonchev–Trinajstić information content (AvgIpc) is 2.38. The smallest absolute Gasteiger partial charge is 0.310 e. The van der Waals surface area contributed by atoms with Gasteiger partial charge in [0.2, 0.25) is 0 Å². The zero-order valence-corrected chi connectivity index (χ0v) is 11.7. The lowest BCUT2D eigenvalue weighted by Crippen LogP contribution is -2.46. The molecule has 1 aliphatic heterocycles. The van der Waals surface area contributed by atoms with Crippen molar-refractivity contribution in [1.29, 1.82) is 0 Å². The predicted octanol–water partition coefficient (Wildman–Crippen LogP) is 3.14. The summed E-state index contributed by atoms with van der Waals surface area (Å²) in [6, 6.07) is 0. The van der Waals surface area contributed by atoms with Gasteiger partial charge in [-0.2, -0.15) is 0 Å². The molecule has 18 heavy (non-hydrogen) atoms. The van der Waals surface area contributed by atoms with Crippen molar-refractivity contribution in [3.63, 3.8) is 0 Å². The second-order valence-electron chi connectivity index (χ2n) is 6.54. The van der Waals surface area contributed by atoms with Crippen molar-refractivity contribution in [3.8, 4) is 0 Å². The number of nitrogens with zero attached hydrogens (tertiary/aromatic N) is 1. The van der Waals surface area contributed by atoms with Gasteiger partial charge in [0.05, 0.1) is 5.41 Å². The van der Waals surface area contributed by atoms with Gasteiger partial charge in [-0.1, -0.05) is 32.1 Å². The Morgan fingerprint density at radius 3 is 2.67 bits per heavy atom. The van der Waals surface area contributed by atoms with Gasteiger partial charge in [-0.25, -0.2) is 0 Å². The Labute approximate surface area is 111 Å². The van der Waals surface area contributed by atoms with Crippen molar-refractivity contribution in [2.75, 3.05) is 19.6 Å². The summed E-state index contributed by atoms with van der Waals surface area (Å²) in [5.41, 5.74) is -0.509. The summed E-state index contributed by atoms with van der Waals surface area (Å²) in [6.45, 7) is 4.85. The van der Waals surface area contributed by atoms with Gasteiger partial charge in [0.1, 0.15) is 0 Å². The van der Waals surface area contributed by atoms with E-state index in [9.17, 15) is 9.90 Å². The van der Waals surface area contributed by atoms with E-state index in [4.69, 9.17) is 0 Å². The zero-order chi connectivity index (χ0) is 13.0. The van der Waals surface area contributed by atoms with Gasteiger partial charge in [-0.3, -0.25) is 4.79 Å². The van der Waals surface area contributed by atoms with Crippen LogP contribution in [0.2, 0.25) is 0 Å². The van der Waals surface area contributed by atoms with Crippen molar-refractivity contribution >= 4 is 5.97 Å². The number of likely N-dealkylation sites (tertiary alicyclic amines) is 1. The highest BCUT2D eigenvalue weighted by molar-refractivity contribution is 5.74. The molecule has 0 aromatic heterocycles. The maximum absolute atomic E-state index is 11.3. The normalized spacial score (nSPS) is 31.4. The maximum Gasteiger partial charge on any atom is 0.310 e. The Balaban J connectivity index is 1.77. The molecule has 0 aromatic carbocycles. The molecule has 1 saturated carbocycles. The van der Waals surface area contributed by atoms with Crippen LogP contribution in [0.3, 0.4) is 0 Å². The highest BCUT2D eigenvalue weighted by Crippen LogP contribution is 2.31. The van der Waals surface area contributed by atoms with E-state index < -0.39 is 11.4 Å². The minimum atomic E-state index is -0.620. The van der Waals surface area contributed by atoms with Crippen molar-refractivity contribution in [2.45, 2.75) is 58.3 Å². The van der Waals surface area contributed by atoms with Crippen molar-refractivity contribution in [1.82, 2.24) is 4.90 Å². The number of carboxylic acid groups (broad SMARTS) is 1. The second-order valence-corrected chi connectivity index (χ2v) is 6.54. The van der Waals surface area contributed by atoms with E-state index in [2.05, 4.69) is 4.90 Å². The van der Waals surface area contributed by atoms with Gasteiger partial charge >= 0.3 is 5.97 Å². The monoisotopic (exact) mass is 253 g/mol. The molecule has 0 bridgehead atoms. The number of carboxylic acids is 1. The molecule has 1 atom stereocenters. The van der Waals surface area contributed by atoms with Gasteiger partial charge in [0, 0.05) is 6.54 Å². The Kier molecular flexibility index (Phi) is 4.66. The lowest BCUT2D eigenvalue weighted by molar-refractivity contribution is -0.151. The fraction of sp³-hybridized carbons (Fsp3) is 0.933. The molecule has 1 N–H and O–H groups in total. The highest BCUT2D eigenvalue weighted by atomic mass is 16.4. The van der Waals surface area contributed by atoms with Gasteiger partial charge in [-0.05, 0) is 45.2 Å². The first-order valence-electron chi connectivity index (χ1n) is 7.56. The van der Waals surface area contributed by atoms with Gasteiger partial charge in [-0.15, -0.1) is 0 Å². The molecule has 0 spiro atoms. The first-order valence-corrected chi connectivity index (χ1v) is 7.56. The lowest BCUT2D eigenvalue weighted by Gasteiger charge is -2.38. The van der Waals surface area contributed by atoms with Crippen LogP contribution >= 0.6 is 0 Å². The van der Waals surface area contributed by atoms with E-state index in [0.29, 0.717) is 0 Å². The summed E-state index contributed by atoms with van der Waals surface area (Å²) in [7, 11) is 0. The second kappa shape index (κ2) is 6.05. The van der Waals surface area contributed by atoms with Gasteiger partial charge < -0.3 is 10.0 Å². The number of hydrogen-bond acceptors (Lipinski definition) is 2. The Bertz CT molecular complexity index is 286. The fourth-order valence-corrected chi connectivity index (χ4v) is 3.55. The molecule has 1 unspecified atom stereocenters. The van der Waals surface area contributed by atoms with Gasteiger partial charge in [0.25, 0.3) is 0 Å². The van der Waals surface area contributed by atoms with Crippen molar-refractivity contribution in [3.05, 3.63) is 0 Å². The molecule has 0 amide bonds. The number of hydrogen-bond donors (Lipinski definition) is 1. The number of carbonyl (C=O) groups is 1. The molecule has 3 nitrogen and oxygen atoms in total. The summed E-state index contributed by atoms with van der Waals surface area (Å²) in [6.07, 6.45) is 10.1. The summed E-state index contributed by atoms with van der Waals surface area (Å²) in [4.78, 5) is 13.7. The van der Waals surface area contributed by atoms with E-state index in [0.717, 1.165) is 38.4 Å². The molecular formula is C15H27NO2. The van der Waals surface area contributed by atoms with Gasteiger partial charge in [0.15, 0.2) is 0 Å². The minimum absolute atomic E-state index is 0.509. The topological polar surface area (TPSA) is 40.5 Å². The van der Waals surface area contributed by atoms with Crippen LogP contribution in [-0.4, -0.2) is 35.6 Å². The Morgan fingerprint density at radius 1 is 1.28 bits per heavy atom. The summed E-state index contributed by atoms with van der Waals surface area (Å²) < 4.78 is 0. The van der Waals surface area contributed by atoms with E-state index in [1.165, 1.54) is 38.5 Å². The van der Waals surface area contributed by atoms with Crippen LogP contribution in [0.15, 0.2) is 0 Å². The van der Waals surface area contributed by atoms with Crippen molar-refractivity contribution in [2.24, 2.45) is 11.3 Å². The lowest BCUT2D eigenvalue weighted by atomic mass is 9.81. The van der Waals surface area contributed by atoms with Crippen LogP contribution in [0.5, 0.6) is 0 Å². The van der Waals surface area contributed by atoms with Crippen LogP contribution in [0.4, 0.5) is 0 Å². The first-order chi connectivity index (χ1) is 8.60. The molecule has 2 rings (SSSR count). The predicted molar refractivity (Wildman–Crippen MR) is 72.6 cm³/mol. The molecule has 3 heteroatoms. The summed E-state index contributed by atoms with van der Waals surface area (Å²) in [5.74, 6) is 0.279. The third kappa shape index (κ3) is 3.47. The highest BCUT2D eigenvalue weighted by Gasteiger charge is 2.37. The van der Waals surface area contributed by atoms with E-state index >= 15 is 0 Å². The molecule has 1 aliphatic carbocycles. The molecule has 0 radical (unpaired) electrons. The molecule has 2 aliphatic rings. The maximum atomic E-state index is 11.3. The fourth-order valence-electron chi connectivity index (χ4n) is 3.55. The van der Waals surface area contributed by atoms with Crippen LogP contribution < -0.4 is 0 Å². The number of rotatable bonds is 4. The largest absolute Gasteiger partial charge is 0.481 e. The molecule has 1 heterocycles. The van der Waals surface area contributed by atoms with Crippen LogP contribution in [-0.2, 0) is 4.79 Å². The Hall–Kier alpha value is -0.570. The minimum Gasteiger partial charge on any atom is -0.481 e. The Morgan fingerprint density at radius 2 is 2.00 bits per heavy atom. The van der Waals surface area contributed by atoms with Crippen LogP contribution in [0.1, 0.15) is 58.3 Å². The third-order valence-corrected chi connectivity index (χ3v) is 4.87. The SMILES string of the molecule is CC1(C(=O)O)CCCN(CCC2CCCCC2)C1. The zero-order valence-electron chi connectivity index (χ0n) is 11.7. The average molecular weight is 253 g/mol. The number of aliphatic carboxylic acids is 1. The molecule has 104 valence electrons. The molecular weight excluding hydrogens is 226 g/mol. The van der Waals surface area contributed by atoms with E-state index in [1.807, 2.05) is 6.92 Å². The van der Waals surface area contributed by atoms with Crippen molar-refractivity contribution < 1.29 is 9.90 Å².